The topological polar surface area (TPSA) is 85.1 Å². The summed E-state index contributed by atoms with van der Waals surface area (Å²) in [4.78, 5) is 5.34. The standard InChI is InChI=1S/C12H15N3O2S2/c1-7-6-10(4-5-11(7)13)19(16,17)15-12-14-8(2)9(3)18-12/h4-6H,13H2,1-3H3,(H,14,15). The molecule has 19 heavy (non-hydrogen) atoms. The Balaban J connectivity index is 2.34. The lowest BCUT2D eigenvalue weighted by atomic mass is 10.2. The Morgan fingerprint density at radius 1 is 1.26 bits per heavy atom. The van der Waals surface area contributed by atoms with Crippen LogP contribution in [0.3, 0.4) is 0 Å². The summed E-state index contributed by atoms with van der Waals surface area (Å²) < 4.78 is 26.9. The van der Waals surface area contributed by atoms with Crippen LogP contribution in [0.2, 0.25) is 0 Å². The minimum Gasteiger partial charge on any atom is -0.399 e. The lowest BCUT2D eigenvalue weighted by molar-refractivity contribution is 0.601. The zero-order valence-electron chi connectivity index (χ0n) is 10.9. The number of aromatic nitrogens is 1. The van der Waals surface area contributed by atoms with Crippen molar-refractivity contribution in [1.29, 1.82) is 0 Å². The third kappa shape index (κ3) is 2.87. The van der Waals surface area contributed by atoms with Gasteiger partial charge in [0.15, 0.2) is 5.13 Å². The zero-order chi connectivity index (χ0) is 14.2. The predicted octanol–water partition coefficient (Wildman–Crippen LogP) is 2.45. The molecule has 0 atom stereocenters. The number of nitrogens with one attached hydrogen (secondary N) is 1. The molecule has 1 heterocycles. The molecule has 2 rings (SSSR count). The molecular weight excluding hydrogens is 282 g/mol. The highest BCUT2D eigenvalue weighted by Crippen LogP contribution is 2.25. The molecule has 0 saturated carbocycles. The Hall–Kier alpha value is -1.60. The first-order chi connectivity index (χ1) is 8.79. The number of hydrogen-bond acceptors (Lipinski definition) is 5. The largest absolute Gasteiger partial charge is 0.399 e. The summed E-state index contributed by atoms with van der Waals surface area (Å²) in [7, 11) is -3.61. The number of hydrogen-bond donors (Lipinski definition) is 2. The molecule has 0 bridgehead atoms. The van der Waals surface area contributed by atoms with E-state index in [0.717, 1.165) is 16.1 Å². The molecular formula is C12H15N3O2S2. The Bertz CT molecular complexity index is 701. The smallest absolute Gasteiger partial charge is 0.263 e. The van der Waals surface area contributed by atoms with Gasteiger partial charge in [-0.1, -0.05) is 0 Å². The van der Waals surface area contributed by atoms with Gasteiger partial charge < -0.3 is 5.73 Å². The van der Waals surface area contributed by atoms with E-state index in [2.05, 4.69) is 9.71 Å². The number of nitrogens with two attached hydrogens (primary N) is 1. The summed E-state index contributed by atoms with van der Waals surface area (Å²) in [5.74, 6) is 0. The van der Waals surface area contributed by atoms with Gasteiger partial charge >= 0.3 is 0 Å². The van der Waals surface area contributed by atoms with Gasteiger partial charge in [0, 0.05) is 10.6 Å². The van der Waals surface area contributed by atoms with Crippen molar-refractivity contribution in [3.63, 3.8) is 0 Å². The maximum Gasteiger partial charge on any atom is 0.263 e. The fraction of sp³-hybridized carbons (Fsp3) is 0.250. The second kappa shape index (κ2) is 4.82. The van der Waals surface area contributed by atoms with E-state index in [1.807, 2.05) is 13.8 Å². The second-order valence-electron chi connectivity index (χ2n) is 4.28. The molecule has 0 saturated heterocycles. The second-order valence-corrected chi connectivity index (χ2v) is 7.17. The van der Waals surface area contributed by atoms with Gasteiger partial charge in [-0.15, -0.1) is 11.3 Å². The van der Waals surface area contributed by atoms with Crippen molar-refractivity contribution in [2.75, 3.05) is 10.5 Å². The lowest BCUT2D eigenvalue weighted by Gasteiger charge is -2.07. The Labute approximate surface area is 116 Å². The summed E-state index contributed by atoms with van der Waals surface area (Å²) in [6.45, 7) is 5.52. The minimum absolute atomic E-state index is 0.185. The number of thiazole rings is 1. The SMILES string of the molecule is Cc1cc(S(=O)(=O)Nc2nc(C)c(C)s2)ccc1N. The summed E-state index contributed by atoms with van der Waals surface area (Å²) >= 11 is 1.32. The van der Waals surface area contributed by atoms with Crippen LogP contribution < -0.4 is 10.5 Å². The highest BCUT2D eigenvalue weighted by molar-refractivity contribution is 7.93. The average molecular weight is 297 g/mol. The molecule has 1 aromatic carbocycles. The van der Waals surface area contributed by atoms with Crippen LogP contribution in [0.4, 0.5) is 10.8 Å². The van der Waals surface area contributed by atoms with E-state index < -0.39 is 10.0 Å². The van der Waals surface area contributed by atoms with E-state index >= 15 is 0 Å². The van der Waals surface area contributed by atoms with E-state index in [4.69, 9.17) is 5.73 Å². The van der Waals surface area contributed by atoms with Crippen molar-refractivity contribution in [2.45, 2.75) is 25.7 Å². The first-order valence-electron chi connectivity index (χ1n) is 5.62. The number of benzene rings is 1. The number of aryl methyl sites for hydroxylation is 3. The van der Waals surface area contributed by atoms with E-state index in [0.29, 0.717) is 10.8 Å². The van der Waals surface area contributed by atoms with Crippen molar-refractivity contribution in [2.24, 2.45) is 0 Å². The number of rotatable bonds is 3. The molecule has 1 aromatic heterocycles. The lowest BCUT2D eigenvalue weighted by Crippen LogP contribution is -2.13. The Kier molecular flexibility index (Phi) is 3.51. The van der Waals surface area contributed by atoms with E-state index in [1.54, 1.807) is 19.1 Å². The molecule has 7 heteroatoms. The van der Waals surface area contributed by atoms with Crippen molar-refractivity contribution in [1.82, 2.24) is 4.98 Å². The molecule has 0 aliphatic carbocycles. The third-order valence-corrected chi connectivity index (χ3v) is 5.26. The minimum atomic E-state index is -3.61. The van der Waals surface area contributed by atoms with Crippen molar-refractivity contribution < 1.29 is 8.42 Å². The highest BCUT2D eigenvalue weighted by Gasteiger charge is 2.17. The van der Waals surface area contributed by atoms with Gasteiger partial charge in [-0.05, 0) is 44.5 Å². The monoisotopic (exact) mass is 297 g/mol. The van der Waals surface area contributed by atoms with Gasteiger partial charge in [0.1, 0.15) is 0 Å². The van der Waals surface area contributed by atoms with E-state index in [1.165, 1.54) is 17.4 Å². The fourth-order valence-electron chi connectivity index (χ4n) is 1.51. The molecule has 0 fully saturated rings. The van der Waals surface area contributed by atoms with Gasteiger partial charge in [-0.3, -0.25) is 4.72 Å². The van der Waals surface area contributed by atoms with Crippen LogP contribution in [0.1, 0.15) is 16.1 Å². The number of nitrogens with zero attached hydrogens (tertiary/aromatic N) is 1. The summed E-state index contributed by atoms with van der Waals surface area (Å²) in [6, 6.07) is 4.62. The zero-order valence-corrected chi connectivity index (χ0v) is 12.5. The fourth-order valence-corrected chi connectivity index (χ4v) is 3.64. The average Bonchev–Trinajstić information content (AvgIpc) is 2.60. The van der Waals surface area contributed by atoms with Crippen LogP contribution in [0.5, 0.6) is 0 Å². The van der Waals surface area contributed by atoms with Crippen molar-refractivity contribution >= 4 is 32.2 Å². The molecule has 0 aliphatic rings. The van der Waals surface area contributed by atoms with E-state index in [-0.39, 0.29) is 4.90 Å². The quantitative estimate of drug-likeness (QED) is 0.852. The van der Waals surface area contributed by atoms with Gasteiger partial charge in [0.2, 0.25) is 0 Å². The molecule has 2 aromatic rings. The normalized spacial score (nSPS) is 11.5. The van der Waals surface area contributed by atoms with E-state index in [9.17, 15) is 8.42 Å². The first kappa shape index (κ1) is 13.8. The summed E-state index contributed by atoms with van der Waals surface area (Å²) in [5, 5.41) is 0.379. The van der Waals surface area contributed by atoms with Crippen molar-refractivity contribution in [3.8, 4) is 0 Å². The Morgan fingerprint density at radius 2 is 1.95 bits per heavy atom. The van der Waals surface area contributed by atoms with Crippen LogP contribution >= 0.6 is 11.3 Å². The molecule has 102 valence electrons. The van der Waals surface area contributed by atoms with Crippen LogP contribution in [0, 0.1) is 20.8 Å². The highest BCUT2D eigenvalue weighted by atomic mass is 32.2. The molecule has 0 unspecified atom stereocenters. The predicted molar refractivity (Wildman–Crippen MR) is 78.0 cm³/mol. The van der Waals surface area contributed by atoms with Gasteiger partial charge in [0.05, 0.1) is 10.6 Å². The molecule has 5 nitrogen and oxygen atoms in total. The maximum atomic E-state index is 12.2. The molecule has 0 aliphatic heterocycles. The molecule has 0 spiro atoms. The molecule has 0 radical (unpaired) electrons. The maximum absolute atomic E-state index is 12.2. The number of sulfonamides is 1. The Morgan fingerprint density at radius 3 is 2.47 bits per heavy atom. The van der Waals surface area contributed by atoms with Crippen LogP contribution in [0.15, 0.2) is 23.1 Å². The molecule has 0 amide bonds. The first-order valence-corrected chi connectivity index (χ1v) is 7.92. The summed E-state index contributed by atoms with van der Waals surface area (Å²) in [6.07, 6.45) is 0. The van der Waals surface area contributed by atoms with Gasteiger partial charge in [-0.2, -0.15) is 0 Å². The summed E-state index contributed by atoms with van der Waals surface area (Å²) in [5.41, 5.74) is 7.81. The van der Waals surface area contributed by atoms with Crippen LogP contribution in [0.25, 0.3) is 0 Å². The number of anilines is 2. The molecule has 3 N–H and O–H groups in total. The van der Waals surface area contributed by atoms with Gasteiger partial charge in [-0.25, -0.2) is 13.4 Å². The van der Waals surface area contributed by atoms with Gasteiger partial charge in [0.25, 0.3) is 10.0 Å². The van der Waals surface area contributed by atoms with Crippen LogP contribution in [-0.4, -0.2) is 13.4 Å². The number of nitrogen functional groups attached to an aromatic ring is 1. The third-order valence-electron chi connectivity index (χ3n) is 2.80. The van der Waals surface area contributed by atoms with Crippen LogP contribution in [-0.2, 0) is 10.0 Å². The van der Waals surface area contributed by atoms with Crippen molar-refractivity contribution in [3.05, 3.63) is 34.3 Å².